The van der Waals surface area contributed by atoms with Crippen molar-refractivity contribution in [2.75, 3.05) is 13.1 Å². The summed E-state index contributed by atoms with van der Waals surface area (Å²) in [7, 11) is 0. The summed E-state index contributed by atoms with van der Waals surface area (Å²) in [5, 5.41) is 6.78. The monoisotopic (exact) mass is 278 g/mol. The summed E-state index contributed by atoms with van der Waals surface area (Å²) in [6.45, 7) is 15.6. The van der Waals surface area contributed by atoms with Crippen molar-refractivity contribution in [3.63, 3.8) is 0 Å². The highest BCUT2D eigenvalue weighted by Crippen LogP contribution is 2.03. The van der Waals surface area contributed by atoms with Gasteiger partial charge in [-0.05, 0) is 12.3 Å². The van der Waals surface area contributed by atoms with Gasteiger partial charge in [-0.1, -0.05) is 34.3 Å². The summed E-state index contributed by atoms with van der Waals surface area (Å²) >= 11 is 0. The van der Waals surface area contributed by atoms with Crippen LogP contribution in [0.1, 0.15) is 39.8 Å². The van der Waals surface area contributed by atoms with E-state index < -0.39 is 0 Å². The first-order valence-electron chi connectivity index (χ1n) is 7.65. The summed E-state index contributed by atoms with van der Waals surface area (Å²) in [4.78, 5) is 4.44. The zero-order valence-corrected chi connectivity index (χ0v) is 13.4. The maximum Gasteiger partial charge on any atom is 0.0949 e. The average molecular weight is 278 g/mol. The van der Waals surface area contributed by atoms with Crippen LogP contribution in [0.3, 0.4) is 0 Å². The number of imidazole rings is 1. The van der Waals surface area contributed by atoms with Crippen LogP contribution < -0.4 is 10.6 Å². The minimum Gasteiger partial charge on any atom is -0.389 e. The fourth-order valence-electron chi connectivity index (χ4n) is 1.86. The molecule has 1 aromatic heterocycles. The molecule has 1 heterocycles. The molecule has 0 radical (unpaired) electrons. The molecule has 0 saturated heterocycles. The van der Waals surface area contributed by atoms with Gasteiger partial charge >= 0.3 is 0 Å². The van der Waals surface area contributed by atoms with Gasteiger partial charge in [0.05, 0.1) is 12.0 Å². The Morgan fingerprint density at radius 1 is 1.30 bits per heavy atom. The van der Waals surface area contributed by atoms with Crippen LogP contribution >= 0.6 is 0 Å². The Morgan fingerprint density at radius 2 is 2.05 bits per heavy atom. The van der Waals surface area contributed by atoms with E-state index in [0.29, 0.717) is 12.0 Å². The van der Waals surface area contributed by atoms with E-state index in [0.717, 1.165) is 43.9 Å². The van der Waals surface area contributed by atoms with Crippen LogP contribution in [-0.4, -0.2) is 28.7 Å². The van der Waals surface area contributed by atoms with Crippen molar-refractivity contribution >= 4 is 0 Å². The van der Waals surface area contributed by atoms with Gasteiger partial charge in [-0.2, -0.15) is 0 Å². The first-order chi connectivity index (χ1) is 9.49. The Hall–Kier alpha value is -1.29. The number of aromatic nitrogens is 2. The van der Waals surface area contributed by atoms with Crippen molar-refractivity contribution in [1.82, 2.24) is 20.2 Å². The van der Waals surface area contributed by atoms with Gasteiger partial charge in [0, 0.05) is 44.0 Å². The van der Waals surface area contributed by atoms with E-state index in [4.69, 9.17) is 0 Å². The van der Waals surface area contributed by atoms with E-state index in [1.54, 1.807) is 0 Å². The molecule has 0 spiro atoms. The van der Waals surface area contributed by atoms with Crippen molar-refractivity contribution in [3.05, 3.63) is 30.5 Å². The molecule has 0 bridgehead atoms. The Morgan fingerprint density at radius 3 is 2.70 bits per heavy atom. The Bertz CT molecular complexity index is 393. The molecule has 4 nitrogen and oxygen atoms in total. The van der Waals surface area contributed by atoms with Gasteiger partial charge in [-0.15, -0.1) is 0 Å². The number of nitrogens with zero attached hydrogens (tertiary/aromatic N) is 2. The first kappa shape index (κ1) is 16.8. The zero-order chi connectivity index (χ0) is 15.0. The number of nitrogens with one attached hydrogen (secondary N) is 2. The van der Waals surface area contributed by atoms with Crippen molar-refractivity contribution in [1.29, 1.82) is 0 Å². The molecule has 4 heteroatoms. The number of rotatable bonds is 10. The van der Waals surface area contributed by atoms with Crippen LogP contribution in [0.15, 0.2) is 24.8 Å². The Kier molecular flexibility index (Phi) is 7.37. The SMILES string of the molecule is C=C(NCCCn1cnc(CCNC(C)C)c1)C(C)C. The maximum atomic E-state index is 4.44. The summed E-state index contributed by atoms with van der Waals surface area (Å²) < 4.78 is 2.17. The van der Waals surface area contributed by atoms with Crippen molar-refractivity contribution in [2.24, 2.45) is 5.92 Å². The number of hydrogen-bond acceptors (Lipinski definition) is 3. The molecule has 0 saturated carbocycles. The van der Waals surface area contributed by atoms with Crippen molar-refractivity contribution in [2.45, 2.75) is 53.1 Å². The molecule has 0 unspecified atom stereocenters. The molecule has 0 aliphatic carbocycles. The zero-order valence-electron chi connectivity index (χ0n) is 13.4. The number of hydrogen-bond donors (Lipinski definition) is 2. The van der Waals surface area contributed by atoms with Crippen molar-refractivity contribution < 1.29 is 0 Å². The average Bonchev–Trinajstić information content (AvgIpc) is 2.81. The van der Waals surface area contributed by atoms with E-state index in [2.05, 4.69) is 60.7 Å². The van der Waals surface area contributed by atoms with Crippen LogP contribution in [0.5, 0.6) is 0 Å². The molecule has 0 fully saturated rings. The summed E-state index contributed by atoms with van der Waals surface area (Å²) in [5.41, 5.74) is 2.29. The van der Waals surface area contributed by atoms with Gasteiger partial charge in [0.25, 0.3) is 0 Å². The second-order valence-corrected chi connectivity index (χ2v) is 5.92. The number of aryl methyl sites for hydroxylation is 1. The molecular formula is C16H30N4. The van der Waals surface area contributed by atoms with Gasteiger partial charge in [0.1, 0.15) is 0 Å². The smallest absolute Gasteiger partial charge is 0.0949 e. The molecule has 0 atom stereocenters. The number of allylic oxidation sites excluding steroid dienone is 1. The lowest BCUT2D eigenvalue weighted by molar-refractivity contribution is 0.581. The van der Waals surface area contributed by atoms with E-state index in [-0.39, 0.29) is 0 Å². The summed E-state index contributed by atoms with van der Waals surface area (Å²) in [6.07, 6.45) is 6.17. The van der Waals surface area contributed by atoms with Gasteiger partial charge in [0.15, 0.2) is 0 Å². The van der Waals surface area contributed by atoms with Crippen LogP contribution in [0.4, 0.5) is 0 Å². The lowest BCUT2D eigenvalue weighted by Gasteiger charge is -2.12. The maximum absolute atomic E-state index is 4.44. The van der Waals surface area contributed by atoms with E-state index in [1.807, 2.05) is 6.33 Å². The molecule has 20 heavy (non-hydrogen) atoms. The summed E-state index contributed by atoms with van der Waals surface area (Å²) in [5.74, 6) is 0.503. The Balaban J connectivity index is 2.18. The predicted molar refractivity (Wildman–Crippen MR) is 85.7 cm³/mol. The topological polar surface area (TPSA) is 41.9 Å². The lowest BCUT2D eigenvalue weighted by Crippen LogP contribution is -2.25. The molecule has 2 N–H and O–H groups in total. The highest BCUT2D eigenvalue weighted by molar-refractivity contribution is 4.97. The fraction of sp³-hybridized carbons (Fsp3) is 0.688. The lowest BCUT2D eigenvalue weighted by atomic mass is 10.1. The van der Waals surface area contributed by atoms with Gasteiger partial charge < -0.3 is 15.2 Å². The fourth-order valence-corrected chi connectivity index (χ4v) is 1.86. The quantitative estimate of drug-likeness (QED) is 0.646. The normalized spacial score (nSPS) is 11.3. The van der Waals surface area contributed by atoms with Gasteiger partial charge in [-0.25, -0.2) is 4.98 Å². The third-order valence-electron chi connectivity index (χ3n) is 3.26. The van der Waals surface area contributed by atoms with Crippen LogP contribution in [0, 0.1) is 5.92 Å². The second kappa shape index (κ2) is 8.80. The van der Waals surface area contributed by atoms with Gasteiger partial charge in [-0.3, -0.25) is 0 Å². The first-order valence-corrected chi connectivity index (χ1v) is 7.65. The molecule has 1 aromatic rings. The predicted octanol–water partition coefficient (Wildman–Crippen LogP) is 2.57. The molecule has 114 valence electrons. The summed E-state index contributed by atoms with van der Waals surface area (Å²) in [6, 6.07) is 0.539. The molecule has 0 aromatic carbocycles. The highest BCUT2D eigenvalue weighted by Gasteiger charge is 2.01. The highest BCUT2D eigenvalue weighted by atomic mass is 15.0. The third kappa shape index (κ3) is 6.75. The standard InChI is InChI=1S/C16H30N4/c1-13(2)15(5)18-8-6-10-20-11-16(19-12-20)7-9-17-14(3)4/h11-14,17-18H,5-10H2,1-4H3. The second-order valence-electron chi connectivity index (χ2n) is 5.92. The van der Waals surface area contributed by atoms with Crippen molar-refractivity contribution in [3.8, 4) is 0 Å². The third-order valence-corrected chi connectivity index (χ3v) is 3.26. The molecule has 0 aliphatic heterocycles. The molecule has 1 rings (SSSR count). The van der Waals surface area contributed by atoms with Crippen LogP contribution in [-0.2, 0) is 13.0 Å². The van der Waals surface area contributed by atoms with E-state index >= 15 is 0 Å². The minimum absolute atomic E-state index is 0.503. The van der Waals surface area contributed by atoms with Crippen LogP contribution in [0.2, 0.25) is 0 Å². The van der Waals surface area contributed by atoms with E-state index in [1.165, 1.54) is 0 Å². The minimum atomic E-state index is 0.503. The van der Waals surface area contributed by atoms with E-state index in [9.17, 15) is 0 Å². The largest absolute Gasteiger partial charge is 0.389 e. The Labute approximate surface area is 123 Å². The molecular weight excluding hydrogens is 248 g/mol. The van der Waals surface area contributed by atoms with Crippen LogP contribution in [0.25, 0.3) is 0 Å². The molecule has 0 aliphatic rings. The molecule has 0 amide bonds. The van der Waals surface area contributed by atoms with Gasteiger partial charge in [0.2, 0.25) is 0 Å².